The van der Waals surface area contributed by atoms with E-state index in [4.69, 9.17) is 11.2 Å². The highest BCUT2D eigenvalue weighted by atomic mass is 32.2. The maximum absolute atomic E-state index is 8.98. The van der Waals surface area contributed by atoms with Crippen molar-refractivity contribution in [2.45, 2.75) is 18.2 Å². The van der Waals surface area contributed by atoms with E-state index < -0.39 is 0 Å². The van der Waals surface area contributed by atoms with Crippen LogP contribution in [-0.2, 0) is 15.7 Å². The zero-order chi connectivity index (χ0) is 17.6. The molecule has 0 atom stereocenters. The van der Waals surface area contributed by atoms with Crippen LogP contribution in [0.3, 0.4) is 0 Å². The third kappa shape index (κ3) is 4.07. The first kappa shape index (κ1) is 17.2. The van der Waals surface area contributed by atoms with Crippen LogP contribution in [0.25, 0.3) is 16.9 Å². The first-order valence-corrected chi connectivity index (χ1v) is 8.29. The Morgan fingerprint density at radius 1 is 1.16 bits per heavy atom. The zero-order valence-electron chi connectivity index (χ0n) is 13.5. The first-order chi connectivity index (χ1) is 12.2. The third-order valence-electron chi connectivity index (χ3n) is 3.62. The van der Waals surface area contributed by atoms with Crippen LogP contribution in [0.15, 0.2) is 59.5 Å². The van der Waals surface area contributed by atoms with Gasteiger partial charge in [0.05, 0.1) is 41.6 Å². The molecule has 0 radical (unpaired) electrons. The van der Waals surface area contributed by atoms with Crippen molar-refractivity contribution in [1.29, 1.82) is 5.26 Å². The Morgan fingerprint density at radius 2 is 1.88 bits per heavy atom. The summed E-state index contributed by atoms with van der Waals surface area (Å²) in [6.07, 6.45) is 0.265. The number of aryl methyl sites for hydroxylation is 1. The molecule has 0 aliphatic rings. The maximum Gasteiger partial charge on any atom is 0.0793 e. The van der Waals surface area contributed by atoms with E-state index in [1.165, 1.54) is 5.56 Å². The lowest BCUT2D eigenvalue weighted by atomic mass is 10.1. The van der Waals surface area contributed by atoms with E-state index in [1.54, 1.807) is 0 Å². The Morgan fingerprint density at radius 3 is 2.52 bits per heavy atom. The summed E-state index contributed by atoms with van der Waals surface area (Å²) < 4.78 is 6.48. The molecule has 0 aliphatic heterocycles. The summed E-state index contributed by atoms with van der Waals surface area (Å²) >= 11 is 1.02. The molecule has 0 aliphatic carbocycles. The second-order valence-electron chi connectivity index (χ2n) is 5.38. The third-order valence-corrected chi connectivity index (χ3v) is 4.23. The summed E-state index contributed by atoms with van der Waals surface area (Å²) in [6, 6.07) is 19.9. The molecule has 25 heavy (non-hydrogen) atoms. The number of benzene rings is 2. The van der Waals surface area contributed by atoms with Gasteiger partial charge in [0.1, 0.15) is 0 Å². The molecule has 0 saturated heterocycles. The Kier molecular flexibility index (Phi) is 5.48. The van der Waals surface area contributed by atoms with Gasteiger partial charge in [-0.25, -0.2) is 4.68 Å². The van der Waals surface area contributed by atoms with E-state index in [0.717, 1.165) is 39.6 Å². The molecule has 3 rings (SSSR count). The van der Waals surface area contributed by atoms with Crippen molar-refractivity contribution in [3.63, 3.8) is 0 Å². The highest BCUT2D eigenvalue weighted by Gasteiger charge is 2.12. The monoisotopic (exact) mass is 352 g/mol. The summed E-state index contributed by atoms with van der Waals surface area (Å²) in [7, 11) is 0. The fourth-order valence-corrected chi connectivity index (χ4v) is 2.79. The number of nitrogens with zero attached hydrogens (tertiary/aromatic N) is 3. The van der Waals surface area contributed by atoms with E-state index in [-0.39, 0.29) is 6.42 Å². The van der Waals surface area contributed by atoms with Crippen molar-refractivity contribution >= 4 is 12.0 Å². The fraction of sp³-hybridized carbons (Fsp3) is 0.111. The van der Waals surface area contributed by atoms with Crippen molar-refractivity contribution < 1.29 is 9.32 Å². The lowest BCUT2D eigenvalue weighted by Gasteiger charge is -2.08. The number of nitrogens with two attached hydrogens (primary N) is 1. The molecule has 0 amide bonds. The smallest absolute Gasteiger partial charge is 0.0793 e. The number of aromatic nitrogens is 2. The van der Waals surface area contributed by atoms with Gasteiger partial charge in [0, 0.05) is 10.5 Å². The van der Waals surface area contributed by atoms with E-state index in [1.807, 2.05) is 41.9 Å². The van der Waals surface area contributed by atoms with Crippen molar-refractivity contribution in [3.8, 4) is 23.0 Å². The summed E-state index contributed by atoms with van der Waals surface area (Å²) in [6.45, 7) is 2.05. The summed E-state index contributed by atoms with van der Waals surface area (Å²) in [5.74, 6) is 4.84. The molecule has 1 heterocycles. The van der Waals surface area contributed by atoms with Crippen LogP contribution >= 0.6 is 12.0 Å². The van der Waals surface area contributed by atoms with Gasteiger partial charge >= 0.3 is 0 Å². The van der Waals surface area contributed by atoms with Crippen LogP contribution in [0, 0.1) is 18.3 Å². The molecule has 0 bridgehead atoms. The Balaban J connectivity index is 1.99. The molecule has 2 N–H and O–H groups in total. The number of hydrogen-bond acceptors (Lipinski definition) is 6. The summed E-state index contributed by atoms with van der Waals surface area (Å²) in [5, 5.41) is 13.6. The predicted molar refractivity (Wildman–Crippen MR) is 95.3 cm³/mol. The molecular formula is C18H16N4O2S. The summed E-state index contributed by atoms with van der Waals surface area (Å²) in [5.41, 5.74) is 4.79. The molecule has 3 aromatic rings. The second kappa shape index (κ2) is 7.96. The molecule has 126 valence electrons. The van der Waals surface area contributed by atoms with Gasteiger partial charge < -0.3 is 0 Å². The van der Waals surface area contributed by atoms with Gasteiger partial charge in [-0.1, -0.05) is 29.8 Å². The SMILES string of the molecule is Cc1ccc(-c2cc(CC#N)nn2-c2ccc(SOON)cc2)cc1. The van der Waals surface area contributed by atoms with Crippen LogP contribution in [0.2, 0.25) is 0 Å². The van der Waals surface area contributed by atoms with Crippen LogP contribution in [0.5, 0.6) is 0 Å². The average Bonchev–Trinajstić information content (AvgIpc) is 3.05. The van der Waals surface area contributed by atoms with Crippen molar-refractivity contribution in [3.05, 3.63) is 65.9 Å². The molecule has 0 unspecified atom stereocenters. The first-order valence-electron chi connectivity index (χ1n) is 7.54. The fourth-order valence-electron chi connectivity index (χ4n) is 2.43. The number of nitriles is 1. The molecular weight excluding hydrogens is 336 g/mol. The largest absolute Gasteiger partial charge is 0.233 e. The van der Waals surface area contributed by atoms with Gasteiger partial charge in [0.2, 0.25) is 0 Å². The van der Waals surface area contributed by atoms with E-state index in [0.29, 0.717) is 0 Å². The van der Waals surface area contributed by atoms with E-state index in [9.17, 15) is 0 Å². The Labute approximate surface area is 149 Å². The summed E-state index contributed by atoms with van der Waals surface area (Å²) in [4.78, 5) is 4.94. The van der Waals surface area contributed by atoms with Crippen LogP contribution in [0.4, 0.5) is 0 Å². The minimum atomic E-state index is 0.265. The molecule has 0 spiro atoms. The van der Waals surface area contributed by atoms with Gasteiger partial charge in [0.25, 0.3) is 0 Å². The molecule has 0 fully saturated rings. The standard InChI is InChI=1S/C18H16N4O2S/c1-13-2-4-14(5-3-13)18-12-15(10-11-19)21-22(18)16-6-8-17(9-7-16)25-24-23-20/h2-9,12H,10,20H2,1H3. The Hall–Kier alpha value is -2.63. The van der Waals surface area contributed by atoms with Gasteiger partial charge in [-0.2, -0.15) is 16.3 Å². The highest BCUT2D eigenvalue weighted by Crippen LogP contribution is 2.26. The number of rotatable bonds is 6. The Bertz CT molecular complexity index is 883. The lowest BCUT2D eigenvalue weighted by molar-refractivity contribution is -0.195. The van der Waals surface area contributed by atoms with Gasteiger partial charge in [0.15, 0.2) is 0 Å². The molecule has 2 aromatic carbocycles. The topological polar surface area (TPSA) is 86.1 Å². The van der Waals surface area contributed by atoms with Crippen molar-refractivity contribution in [2.75, 3.05) is 0 Å². The predicted octanol–water partition coefficient (Wildman–Crippen LogP) is 3.74. The van der Waals surface area contributed by atoms with Crippen LogP contribution < -0.4 is 5.90 Å². The minimum Gasteiger partial charge on any atom is -0.233 e. The maximum atomic E-state index is 8.98. The molecule has 0 saturated carbocycles. The quantitative estimate of drug-likeness (QED) is 0.413. The van der Waals surface area contributed by atoms with Crippen LogP contribution in [0.1, 0.15) is 11.3 Å². The molecule has 7 heteroatoms. The lowest BCUT2D eigenvalue weighted by Crippen LogP contribution is -2.00. The average molecular weight is 352 g/mol. The van der Waals surface area contributed by atoms with Gasteiger partial charge in [-0.3, -0.25) is 0 Å². The second-order valence-corrected chi connectivity index (χ2v) is 6.15. The number of hydrogen-bond donors (Lipinski definition) is 1. The van der Waals surface area contributed by atoms with Gasteiger partial charge in [-0.05, 0) is 37.3 Å². The normalized spacial score (nSPS) is 10.6. The van der Waals surface area contributed by atoms with Crippen LogP contribution in [-0.4, -0.2) is 9.78 Å². The van der Waals surface area contributed by atoms with E-state index >= 15 is 0 Å². The van der Waals surface area contributed by atoms with E-state index in [2.05, 4.69) is 44.8 Å². The molecule has 1 aromatic heterocycles. The van der Waals surface area contributed by atoms with Crippen molar-refractivity contribution in [1.82, 2.24) is 9.78 Å². The zero-order valence-corrected chi connectivity index (χ0v) is 14.4. The minimum absolute atomic E-state index is 0.265. The molecule has 6 nitrogen and oxygen atoms in total. The highest BCUT2D eigenvalue weighted by molar-refractivity contribution is 7.94. The van der Waals surface area contributed by atoms with Gasteiger partial charge in [-0.15, -0.1) is 9.32 Å². The van der Waals surface area contributed by atoms with Crippen molar-refractivity contribution in [2.24, 2.45) is 5.90 Å².